The van der Waals surface area contributed by atoms with Gasteiger partial charge in [-0.15, -0.1) is 0 Å². The minimum atomic E-state index is -0.373. The van der Waals surface area contributed by atoms with E-state index in [1.807, 2.05) is 31.2 Å². The lowest BCUT2D eigenvalue weighted by atomic mass is 10.2. The Hall–Kier alpha value is -1.74. The molecule has 2 aromatic rings. The molecule has 0 saturated carbocycles. The Kier molecular flexibility index (Phi) is 4.63. The topological polar surface area (TPSA) is 21.3 Å². The van der Waals surface area contributed by atoms with Crippen molar-refractivity contribution in [3.63, 3.8) is 0 Å². The molecule has 0 amide bonds. The van der Waals surface area contributed by atoms with Crippen molar-refractivity contribution in [1.29, 1.82) is 0 Å². The highest BCUT2D eigenvalue weighted by atomic mass is 35.5. The molecular formula is C15H15ClFNO. The second-order valence-electron chi connectivity index (χ2n) is 4.02. The molecule has 0 aliphatic carbocycles. The van der Waals surface area contributed by atoms with Gasteiger partial charge in [-0.05, 0) is 37.3 Å². The summed E-state index contributed by atoms with van der Waals surface area (Å²) >= 11 is 5.73. The Morgan fingerprint density at radius 2 is 1.89 bits per heavy atom. The molecule has 2 nitrogen and oxygen atoms in total. The number of benzene rings is 2. The van der Waals surface area contributed by atoms with Crippen molar-refractivity contribution in [2.75, 3.05) is 11.9 Å². The Morgan fingerprint density at radius 1 is 1.16 bits per heavy atom. The number of nitrogens with one attached hydrogen (secondary N) is 1. The van der Waals surface area contributed by atoms with Crippen LogP contribution in [0.15, 0.2) is 42.5 Å². The van der Waals surface area contributed by atoms with Gasteiger partial charge in [0.2, 0.25) is 0 Å². The van der Waals surface area contributed by atoms with E-state index >= 15 is 0 Å². The third-order valence-corrected chi connectivity index (χ3v) is 2.97. The molecule has 0 heterocycles. The monoisotopic (exact) mass is 279 g/mol. The predicted molar refractivity (Wildman–Crippen MR) is 76.3 cm³/mol. The summed E-state index contributed by atoms with van der Waals surface area (Å²) in [5, 5.41) is 3.29. The summed E-state index contributed by atoms with van der Waals surface area (Å²) in [6, 6.07) is 12.5. The van der Waals surface area contributed by atoms with Crippen molar-refractivity contribution < 1.29 is 9.13 Å². The van der Waals surface area contributed by atoms with Gasteiger partial charge in [-0.2, -0.15) is 0 Å². The highest BCUT2D eigenvalue weighted by Crippen LogP contribution is 2.20. The average Bonchev–Trinajstić information content (AvgIpc) is 2.42. The van der Waals surface area contributed by atoms with Gasteiger partial charge in [-0.25, -0.2) is 4.39 Å². The van der Waals surface area contributed by atoms with Gasteiger partial charge >= 0.3 is 0 Å². The van der Waals surface area contributed by atoms with Gasteiger partial charge in [0.05, 0.1) is 11.6 Å². The van der Waals surface area contributed by atoms with Crippen molar-refractivity contribution in [3.8, 4) is 5.75 Å². The minimum Gasteiger partial charge on any atom is -0.494 e. The molecule has 0 spiro atoms. The molecule has 4 heteroatoms. The maximum atomic E-state index is 13.7. The molecule has 2 aromatic carbocycles. The Bertz CT molecular complexity index is 542. The van der Waals surface area contributed by atoms with E-state index in [1.165, 1.54) is 6.07 Å². The Morgan fingerprint density at radius 3 is 2.58 bits per heavy atom. The summed E-state index contributed by atoms with van der Waals surface area (Å²) in [5.41, 5.74) is 1.45. The van der Waals surface area contributed by atoms with Crippen LogP contribution in [0.4, 0.5) is 10.1 Å². The van der Waals surface area contributed by atoms with Crippen molar-refractivity contribution in [1.82, 2.24) is 0 Å². The minimum absolute atomic E-state index is 0.144. The number of ether oxygens (including phenoxy) is 1. The Labute approximate surface area is 117 Å². The van der Waals surface area contributed by atoms with Gasteiger partial charge < -0.3 is 10.1 Å². The lowest BCUT2D eigenvalue weighted by Crippen LogP contribution is -2.02. The van der Waals surface area contributed by atoms with Crippen LogP contribution in [0.2, 0.25) is 5.02 Å². The van der Waals surface area contributed by atoms with Crippen LogP contribution in [0.5, 0.6) is 5.75 Å². The third kappa shape index (κ3) is 3.61. The fourth-order valence-corrected chi connectivity index (χ4v) is 1.91. The average molecular weight is 280 g/mol. The van der Waals surface area contributed by atoms with Crippen molar-refractivity contribution in [2.45, 2.75) is 13.5 Å². The SMILES string of the molecule is CCOc1ccc(NCc2cccc(Cl)c2F)cc1. The molecule has 100 valence electrons. The van der Waals surface area contributed by atoms with E-state index in [0.29, 0.717) is 18.7 Å². The van der Waals surface area contributed by atoms with E-state index in [4.69, 9.17) is 16.3 Å². The van der Waals surface area contributed by atoms with Gasteiger partial charge in [-0.3, -0.25) is 0 Å². The molecule has 0 bridgehead atoms. The quantitative estimate of drug-likeness (QED) is 0.871. The van der Waals surface area contributed by atoms with E-state index < -0.39 is 0 Å². The van der Waals surface area contributed by atoms with Crippen molar-refractivity contribution >= 4 is 17.3 Å². The first-order valence-corrected chi connectivity index (χ1v) is 6.48. The summed E-state index contributed by atoms with van der Waals surface area (Å²) in [5.74, 6) is 0.449. The number of hydrogen-bond acceptors (Lipinski definition) is 2. The fourth-order valence-electron chi connectivity index (χ4n) is 1.72. The molecule has 19 heavy (non-hydrogen) atoms. The van der Waals surface area contributed by atoms with E-state index in [2.05, 4.69) is 5.32 Å². The summed E-state index contributed by atoms with van der Waals surface area (Å²) in [4.78, 5) is 0. The summed E-state index contributed by atoms with van der Waals surface area (Å²) in [7, 11) is 0. The number of anilines is 1. The number of rotatable bonds is 5. The van der Waals surface area contributed by atoms with Gasteiger partial charge in [0.15, 0.2) is 0 Å². The number of halogens is 2. The van der Waals surface area contributed by atoms with E-state index in [9.17, 15) is 4.39 Å². The Balaban J connectivity index is 2.00. The van der Waals surface area contributed by atoms with Gasteiger partial charge in [0.25, 0.3) is 0 Å². The largest absolute Gasteiger partial charge is 0.494 e. The molecular weight excluding hydrogens is 265 g/mol. The normalized spacial score (nSPS) is 10.3. The van der Waals surface area contributed by atoms with Crippen LogP contribution in [-0.4, -0.2) is 6.61 Å². The molecule has 0 unspecified atom stereocenters. The van der Waals surface area contributed by atoms with Gasteiger partial charge in [0, 0.05) is 17.8 Å². The molecule has 0 aliphatic heterocycles. The van der Waals surface area contributed by atoms with Crippen LogP contribution in [0, 0.1) is 5.82 Å². The van der Waals surface area contributed by atoms with E-state index in [0.717, 1.165) is 11.4 Å². The zero-order chi connectivity index (χ0) is 13.7. The first-order chi connectivity index (χ1) is 9.20. The third-order valence-electron chi connectivity index (χ3n) is 2.68. The molecule has 2 rings (SSSR count). The molecule has 0 aromatic heterocycles. The lowest BCUT2D eigenvalue weighted by molar-refractivity contribution is 0.340. The predicted octanol–water partition coefficient (Wildman–Crippen LogP) is 4.49. The van der Waals surface area contributed by atoms with Crippen LogP contribution in [-0.2, 0) is 6.54 Å². The van der Waals surface area contributed by atoms with Crippen LogP contribution >= 0.6 is 11.6 Å². The zero-order valence-corrected chi connectivity index (χ0v) is 11.4. The smallest absolute Gasteiger partial charge is 0.146 e. The van der Waals surface area contributed by atoms with Crippen LogP contribution in [0.25, 0.3) is 0 Å². The van der Waals surface area contributed by atoms with E-state index in [1.54, 1.807) is 12.1 Å². The summed E-state index contributed by atoms with van der Waals surface area (Å²) in [6.07, 6.45) is 0. The van der Waals surface area contributed by atoms with Gasteiger partial charge in [-0.1, -0.05) is 23.7 Å². The fraction of sp³-hybridized carbons (Fsp3) is 0.200. The van der Waals surface area contributed by atoms with Crippen LogP contribution in [0.3, 0.4) is 0 Å². The number of hydrogen-bond donors (Lipinski definition) is 1. The molecule has 0 fully saturated rings. The van der Waals surface area contributed by atoms with Crippen LogP contribution < -0.4 is 10.1 Å². The first-order valence-electron chi connectivity index (χ1n) is 6.10. The molecule has 1 N–H and O–H groups in total. The summed E-state index contributed by atoms with van der Waals surface area (Å²) in [6.45, 7) is 2.97. The summed E-state index contributed by atoms with van der Waals surface area (Å²) < 4.78 is 19.0. The van der Waals surface area contributed by atoms with Crippen LogP contribution in [0.1, 0.15) is 12.5 Å². The second-order valence-corrected chi connectivity index (χ2v) is 4.43. The zero-order valence-electron chi connectivity index (χ0n) is 10.6. The maximum Gasteiger partial charge on any atom is 0.146 e. The second kappa shape index (κ2) is 6.43. The molecule has 0 aliphatic rings. The highest BCUT2D eigenvalue weighted by Gasteiger charge is 2.05. The molecule has 0 atom stereocenters. The molecule has 0 radical (unpaired) electrons. The molecule has 0 saturated heterocycles. The van der Waals surface area contributed by atoms with Gasteiger partial charge in [0.1, 0.15) is 11.6 Å². The standard InChI is InChI=1S/C15H15ClFNO/c1-2-19-13-8-6-12(7-9-13)18-10-11-4-3-5-14(16)15(11)17/h3-9,18H,2,10H2,1H3. The highest BCUT2D eigenvalue weighted by molar-refractivity contribution is 6.30. The first kappa shape index (κ1) is 13.7. The lowest BCUT2D eigenvalue weighted by Gasteiger charge is -2.09. The van der Waals surface area contributed by atoms with Crippen molar-refractivity contribution in [3.05, 3.63) is 58.9 Å². The maximum absolute atomic E-state index is 13.7. The van der Waals surface area contributed by atoms with E-state index in [-0.39, 0.29) is 10.8 Å². The van der Waals surface area contributed by atoms with Crippen molar-refractivity contribution in [2.24, 2.45) is 0 Å².